The topological polar surface area (TPSA) is 50.5 Å². The lowest BCUT2D eigenvalue weighted by Crippen LogP contribution is -2.26. The van der Waals surface area contributed by atoms with Gasteiger partial charge in [0.05, 0.1) is 11.4 Å². The fourth-order valence-corrected chi connectivity index (χ4v) is 3.09. The van der Waals surface area contributed by atoms with Gasteiger partial charge in [-0.3, -0.25) is 0 Å². The Balaban J connectivity index is 2.19. The van der Waals surface area contributed by atoms with Gasteiger partial charge in [-0.15, -0.1) is 0 Å². The van der Waals surface area contributed by atoms with Crippen LogP contribution in [-0.2, 0) is 23.0 Å². The third kappa shape index (κ3) is 3.11. The normalized spacial score (nSPS) is 12.0. The van der Waals surface area contributed by atoms with Crippen molar-refractivity contribution in [2.24, 2.45) is 0 Å². The van der Waals surface area contributed by atoms with E-state index in [-0.39, 0.29) is 6.54 Å². The molecule has 4 nitrogen and oxygen atoms in total. The minimum atomic E-state index is -3.48. The fraction of sp³-hybridized carbons (Fsp3) is 0.333. The zero-order chi connectivity index (χ0) is 14.8. The summed E-state index contributed by atoms with van der Waals surface area (Å²) in [6.07, 6.45) is 0.891. The van der Waals surface area contributed by atoms with E-state index < -0.39 is 10.0 Å². The summed E-state index contributed by atoms with van der Waals surface area (Å²) in [6.45, 7) is 4.10. The van der Waals surface area contributed by atoms with Crippen LogP contribution in [0, 0.1) is 6.92 Å². The van der Waals surface area contributed by atoms with E-state index >= 15 is 0 Å². The molecule has 0 saturated carbocycles. The van der Waals surface area contributed by atoms with Crippen LogP contribution in [-0.4, -0.2) is 19.8 Å². The Kier molecular flexibility index (Phi) is 4.30. The molecule has 0 aliphatic rings. The number of benzene rings is 1. The highest BCUT2D eigenvalue weighted by Crippen LogP contribution is 2.18. The molecule has 2 rings (SSSR count). The molecule has 0 fully saturated rings. The molecule has 0 bridgehead atoms. The van der Waals surface area contributed by atoms with Crippen LogP contribution in [0.15, 0.2) is 45.7 Å². The first-order chi connectivity index (χ1) is 9.43. The van der Waals surface area contributed by atoms with E-state index in [4.69, 9.17) is 4.42 Å². The van der Waals surface area contributed by atoms with E-state index in [1.54, 1.807) is 25.2 Å². The zero-order valence-corrected chi connectivity index (χ0v) is 12.8. The maximum atomic E-state index is 12.4. The smallest absolute Gasteiger partial charge is 0.243 e. The van der Waals surface area contributed by atoms with Crippen molar-refractivity contribution < 1.29 is 12.8 Å². The Labute approximate surface area is 120 Å². The Morgan fingerprint density at radius 3 is 2.25 bits per heavy atom. The molecule has 108 valence electrons. The van der Waals surface area contributed by atoms with Crippen LogP contribution in [0.5, 0.6) is 0 Å². The lowest BCUT2D eigenvalue weighted by Gasteiger charge is -2.16. The first-order valence-electron chi connectivity index (χ1n) is 6.54. The van der Waals surface area contributed by atoms with Crippen molar-refractivity contribution in [1.29, 1.82) is 0 Å². The van der Waals surface area contributed by atoms with E-state index in [1.165, 1.54) is 4.31 Å². The lowest BCUT2D eigenvalue weighted by molar-refractivity contribution is 0.397. The number of furan rings is 1. The van der Waals surface area contributed by atoms with Gasteiger partial charge in [0.1, 0.15) is 11.5 Å². The molecule has 0 atom stereocenters. The SMILES string of the molecule is CCc1ccc(S(=O)(=O)N(C)Cc2ccc(C)o2)cc1. The summed E-state index contributed by atoms with van der Waals surface area (Å²) in [5.74, 6) is 1.41. The third-order valence-corrected chi connectivity index (χ3v) is 5.03. The molecular weight excluding hydrogens is 274 g/mol. The molecule has 0 spiro atoms. The van der Waals surface area contributed by atoms with Crippen molar-refractivity contribution >= 4 is 10.0 Å². The molecule has 1 aromatic heterocycles. The molecule has 0 aliphatic carbocycles. The van der Waals surface area contributed by atoms with Crippen molar-refractivity contribution in [3.8, 4) is 0 Å². The minimum absolute atomic E-state index is 0.228. The summed E-state index contributed by atoms with van der Waals surface area (Å²) in [4.78, 5) is 0.306. The Hall–Kier alpha value is -1.59. The Bertz CT molecular complexity index is 671. The van der Waals surface area contributed by atoms with Crippen molar-refractivity contribution in [3.05, 3.63) is 53.5 Å². The average Bonchev–Trinajstić information content (AvgIpc) is 2.84. The first kappa shape index (κ1) is 14.8. The predicted octanol–water partition coefficient (Wildman–Crippen LogP) is 2.97. The predicted molar refractivity (Wildman–Crippen MR) is 77.9 cm³/mol. The third-order valence-electron chi connectivity index (χ3n) is 3.21. The van der Waals surface area contributed by atoms with Crippen LogP contribution in [0.1, 0.15) is 24.0 Å². The van der Waals surface area contributed by atoms with Crippen LogP contribution < -0.4 is 0 Å². The van der Waals surface area contributed by atoms with E-state index in [0.717, 1.165) is 17.7 Å². The molecular formula is C15H19NO3S. The van der Waals surface area contributed by atoms with Gasteiger partial charge in [-0.25, -0.2) is 8.42 Å². The second-order valence-electron chi connectivity index (χ2n) is 4.77. The molecule has 1 aromatic carbocycles. The summed E-state index contributed by atoms with van der Waals surface area (Å²) >= 11 is 0. The van der Waals surface area contributed by atoms with Crippen LogP contribution in [0.3, 0.4) is 0 Å². The number of hydrogen-bond acceptors (Lipinski definition) is 3. The van der Waals surface area contributed by atoms with Gasteiger partial charge in [0.15, 0.2) is 0 Å². The number of aryl methyl sites for hydroxylation is 2. The molecule has 5 heteroatoms. The Morgan fingerprint density at radius 2 is 1.75 bits per heavy atom. The van der Waals surface area contributed by atoms with Gasteiger partial charge in [-0.05, 0) is 43.2 Å². The standard InChI is InChI=1S/C15H19NO3S/c1-4-13-6-9-15(10-7-13)20(17,18)16(3)11-14-8-5-12(2)19-14/h5-10H,4,11H2,1-3H3. The van der Waals surface area contributed by atoms with E-state index in [9.17, 15) is 8.42 Å². The maximum Gasteiger partial charge on any atom is 0.243 e. The largest absolute Gasteiger partial charge is 0.465 e. The summed E-state index contributed by atoms with van der Waals surface area (Å²) in [6, 6.07) is 10.6. The maximum absolute atomic E-state index is 12.4. The summed E-state index contributed by atoms with van der Waals surface area (Å²) in [5, 5.41) is 0. The average molecular weight is 293 g/mol. The molecule has 0 saturated heterocycles. The lowest BCUT2D eigenvalue weighted by atomic mass is 10.2. The van der Waals surface area contributed by atoms with Crippen LogP contribution in [0.25, 0.3) is 0 Å². The minimum Gasteiger partial charge on any atom is -0.465 e. The molecule has 0 unspecified atom stereocenters. The second kappa shape index (κ2) is 5.81. The highest BCUT2D eigenvalue weighted by atomic mass is 32.2. The van der Waals surface area contributed by atoms with E-state index in [1.807, 2.05) is 32.0 Å². The monoisotopic (exact) mass is 293 g/mol. The second-order valence-corrected chi connectivity index (χ2v) is 6.82. The van der Waals surface area contributed by atoms with Crippen molar-refractivity contribution in [2.45, 2.75) is 31.7 Å². The van der Waals surface area contributed by atoms with Gasteiger partial charge < -0.3 is 4.42 Å². The number of nitrogens with zero attached hydrogens (tertiary/aromatic N) is 1. The highest BCUT2D eigenvalue weighted by Gasteiger charge is 2.21. The van der Waals surface area contributed by atoms with Crippen molar-refractivity contribution in [1.82, 2.24) is 4.31 Å². The molecule has 0 aliphatic heterocycles. The van der Waals surface area contributed by atoms with Gasteiger partial charge in [0, 0.05) is 7.05 Å². The van der Waals surface area contributed by atoms with Crippen LogP contribution in [0.4, 0.5) is 0 Å². The molecule has 20 heavy (non-hydrogen) atoms. The Morgan fingerprint density at radius 1 is 1.10 bits per heavy atom. The summed E-state index contributed by atoms with van der Waals surface area (Å²) in [7, 11) is -1.92. The van der Waals surface area contributed by atoms with Crippen LogP contribution >= 0.6 is 0 Å². The first-order valence-corrected chi connectivity index (χ1v) is 7.98. The fourth-order valence-electron chi connectivity index (χ4n) is 1.95. The molecule has 0 radical (unpaired) electrons. The molecule has 1 heterocycles. The van der Waals surface area contributed by atoms with Crippen molar-refractivity contribution in [2.75, 3.05) is 7.05 Å². The van der Waals surface area contributed by atoms with E-state index in [0.29, 0.717) is 10.7 Å². The number of rotatable bonds is 5. The number of hydrogen-bond donors (Lipinski definition) is 0. The quantitative estimate of drug-likeness (QED) is 0.851. The van der Waals surface area contributed by atoms with Crippen molar-refractivity contribution in [3.63, 3.8) is 0 Å². The van der Waals surface area contributed by atoms with E-state index in [2.05, 4.69) is 0 Å². The number of sulfonamides is 1. The summed E-state index contributed by atoms with van der Waals surface area (Å²) in [5.41, 5.74) is 1.12. The van der Waals surface area contributed by atoms with Gasteiger partial charge in [-0.1, -0.05) is 19.1 Å². The van der Waals surface area contributed by atoms with Crippen LogP contribution in [0.2, 0.25) is 0 Å². The molecule has 0 amide bonds. The van der Waals surface area contributed by atoms with Gasteiger partial charge >= 0.3 is 0 Å². The van der Waals surface area contributed by atoms with Gasteiger partial charge in [-0.2, -0.15) is 4.31 Å². The zero-order valence-electron chi connectivity index (χ0n) is 12.0. The summed E-state index contributed by atoms with van der Waals surface area (Å²) < 4.78 is 31.6. The molecule has 2 aromatic rings. The molecule has 0 N–H and O–H groups in total. The van der Waals surface area contributed by atoms with Gasteiger partial charge in [0.2, 0.25) is 10.0 Å². The van der Waals surface area contributed by atoms with Gasteiger partial charge in [0.25, 0.3) is 0 Å². The highest BCUT2D eigenvalue weighted by molar-refractivity contribution is 7.89.